The fourth-order valence-electron chi connectivity index (χ4n) is 6.31. The first-order valence-corrected chi connectivity index (χ1v) is 14.0. The van der Waals surface area contributed by atoms with Gasteiger partial charge in [0.05, 0.1) is 37.1 Å². The van der Waals surface area contributed by atoms with Crippen molar-refractivity contribution in [3.8, 4) is 0 Å². The third-order valence-electron chi connectivity index (χ3n) is 8.19. The van der Waals surface area contributed by atoms with E-state index in [-0.39, 0.29) is 37.4 Å². The number of nitrogens with one attached hydrogen (secondary N) is 1. The van der Waals surface area contributed by atoms with Crippen molar-refractivity contribution in [1.82, 2.24) is 15.1 Å². The second-order valence-corrected chi connectivity index (χ2v) is 11.8. The van der Waals surface area contributed by atoms with Gasteiger partial charge in [-0.05, 0) is 53.4 Å². The number of carbonyl (C=O) groups excluding carboxylic acids is 4. The molecule has 0 unspecified atom stereocenters. The minimum atomic E-state index is -1.18. The Morgan fingerprint density at radius 1 is 1.31 bits per heavy atom. The molecular weight excluding hydrogens is 502 g/mol. The van der Waals surface area contributed by atoms with Gasteiger partial charge in [-0.2, -0.15) is 0 Å². The molecule has 2 bridgehead atoms. The van der Waals surface area contributed by atoms with Crippen LogP contribution in [0.5, 0.6) is 0 Å². The number of hydrogen-bond acceptors (Lipinski definition) is 7. The molecule has 10 nitrogen and oxygen atoms in total. The number of esters is 1. The summed E-state index contributed by atoms with van der Waals surface area (Å²) in [6.07, 6.45) is 4.40. The Hall–Kier alpha value is -2.72. The third-order valence-corrected chi connectivity index (χ3v) is 8.19. The third kappa shape index (κ3) is 5.77. The van der Waals surface area contributed by atoms with Crippen LogP contribution in [0.1, 0.15) is 66.7 Å². The molecule has 1 spiro atoms. The summed E-state index contributed by atoms with van der Waals surface area (Å²) >= 11 is 0. The molecular formula is C29H45N3O7. The fraction of sp³-hybridized carbons (Fsp3) is 0.724. The van der Waals surface area contributed by atoms with Gasteiger partial charge < -0.3 is 29.7 Å². The van der Waals surface area contributed by atoms with E-state index in [9.17, 15) is 24.3 Å². The van der Waals surface area contributed by atoms with E-state index in [4.69, 9.17) is 9.47 Å². The normalized spacial score (nSPS) is 29.0. The molecule has 0 aromatic rings. The van der Waals surface area contributed by atoms with Crippen LogP contribution in [0, 0.1) is 11.8 Å². The molecule has 39 heavy (non-hydrogen) atoms. The largest absolute Gasteiger partial charge is 0.460 e. The van der Waals surface area contributed by atoms with Crippen molar-refractivity contribution >= 4 is 23.7 Å². The summed E-state index contributed by atoms with van der Waals surface area (Å²) in [4.78, 5) is 56.9. The van der Waals surface area contributed by atoms with Crippen LogP contribution in [-0.4, -0.2) is 93.7 Å². The van der Waals surface area contributed by atoms with Crippen LogP contribution in [0.25, 0.3) is 0 Å². The molecule has 3 aliphatic rings. The quantitative estimate of drug-likeness (QED) is 0.267. The Morgan fingerprint density at radius 2 is 2.00 bits per heavy atom. The Balaban J connectivity index is 1.90. The lowest BCUT2D eigenvalue weighted by Crippen LogP contribution is -2.61. The monoisotopic (exact) mass is 547 g/mol. The van der Waals surface area contributed by atoms with Gasteiger partial charge >= 0.3 is 5.97 Å². The lowest BCUT2D eigenvalue weighted by molar-refractivity contribution is -0.160. The predicted octanol–water partition coefficient (Wildman–Crippen LogP) is 1.96. The van der Waals surface area contributed by atoms with Gasteiger partial charge in [0, 0.05) is 18.5 Å². The average molecular weight is 548 g/mol. The maximum absolute atomic E-state index is 14.2. The van der Waals surface area contributed by atoms with E-state index in [0.717, 1.165) is 0 Å². The van der Waals surface area contributed by atoms with Gasteiger partial charge in [-0.15, -0.1) is 13.2 Å². The first-order valence-electron chi connectivity index (χ1n) is 14.0. The van der Waals surface area contributed by atoms with Gasteiger partial charge in [-0.1, -0.05) is 19.1 Å². The Morgan fingerprint density at radius 3 is 2.56 bits per heavy atom. The fourth-order valence-corrected chi connectivity index (χ4v) is 6.31. The molecule has 3 rings (SSSR count). The molecule has 218 valence electrons. The van der Waals surface area contributed by atoms with Crippen LogP contribution in [0.4, 0.5) is 0 Å². The number of hydrogen-bond donors (Lipinski definition) is 2. The van der Waals surface area contributed by atoms with Crippen LogP contribution in [0.3, 0.4) is 0 Å². The molecule has 3 aliphatic heterocycles. The average Bonchev–Trinajstić information content (AvgIpc) is 3.52. The van der Waals surface area contributed by atoms with Gasteiger partial charge in [0.15, 0.2) is 0 Å². The SMILES string of the molecule is C=CCCC(=O)NC[C@H](C)OC(=O)[C@@H]1[C@@H]2CC[C@]3(O2)[C@H](C(=O)N(CC=C)C(C)(C)C)N([C@@H](CC)CO)C(=O)[C@@H]13. The number of ether oxygens (including phenoxy) is 2. The molecule has 0 aromatic carbocycles. The topological polar surface area (TPSA) is 125 Å². The van der Waals surface area contributed by atoms with Crippen molar-refractivity contribution in [3.63, 3.8) is 0 Å². The van der Waals surface area contributed by atoms with Crippen LogP contribution < -0.4 is 5.32 Å². The molecule has 3 saturated heterocycles. The number of rotatable bonds is 13. The van der Waals surface area contributed by atoms with Gasteiger partial charge in [0.1, 0.15) is 17.7 Å². The molecule has 3 heterocycles. The zero-order chi connectivity index (χ0) is 29.1. The van der Waals surface area contributed by atoms with E-state index in [1.54, 1.807) is 24.0 Å². The number of amides is 3. The van der Waals surface area contributed by atoms with Crippen LogP contribution >= 0.6 is 0 Å². The first-order chi connectivity index (χ1) is 18.4. The van der Waals surface area contributed by atoms with Crippen molar-refractivity contribution < 1.29 is 33.8 Å². The molecule has 3 fully saturated rings. The molecule has 10 heteroatoms. The highest BCUT2D eigenvalue weighted by Gasteiger charge is 2.75. The standard InChI is InChI=1S/C29H45N3O7/c1-8-11-12-21(34)30-16-18(4)38-27(37)22-20-13-14-29(39-20)23(22)25(35)32(19(10-3)17-33)24(29)26(36)31(15-9-2)28(5,6)7/h8-9,18-20,22-24,33H,1-2,10-17H2,3-7H3,(H,30,34)/t18-,19-,20-,22+,23+,24-,29+/m0/s1. The molecule has 0 aromatic heterocycles. The van der Waals surface area contributed by atoms with Crippen molar-refractivity contribution in [2.45, 2.75) is 102 Å². The number of fused-ring (bicyclic) bond motifs is 1. The van der Waals surface area contributed by atoms with Crippen LogP contribution in [0.15, 0.2) is 25.3 Å². The minimum Gasteiger partial charge on any atom is -0.460 e. The summed E-state index contributed by atoms with van der Waals surface area (Å²) in [5, 5.41) is 12.9. The lowest BCUT2D eigenvalue weighted by atomic mass is 9.70. The number of aliphatic hydroxyl groups is 1. The van der Waals surface area contributed by atoms with E-state index in [1.165, 1.54) is 4.90 Å². The molecule has 0 radical (unpaired) electrons. The Labute approximate surface area is 231 Å². The van der Waals surface area contributed by atoms with E-state index < -0.39 is 53.2 Å². The zero-order valence-corrected chi connectivity index (χ0v) is 24.0. The molecule has 0 saturated carbocycles. The molecule has 7 atom stereocenters. The van der Waals surface area contributed by atoms with Crippen molar-refractivity contribution in [3.05, 3.63) is 25.3 Å². The van der Waals surface area contributed by atoms with Crippen molar-refractivity contribution in [2.75, 3.05) is 19.7 Å². The summed E-state index contributed by atoms with van der Waals surface area (Å²) < 4.78 is 12.2. The number of carbonyl (C=O) groups is 4. The number of nitrogens with zero attached hydrogens (tertiary/aromatic N) is 2. The summed E-state index contributed by atoms with van der Waals surface area (Å²) in [6.45, 7) is 16.8. The summed E-state index contributed by atoms with van der Waals surface area (Å²) in [5.74, 6) is -3.15. The zero-order valence-electron chi connectivity index (χ0n) is 24.0. The van der Waals surface area contributed by atoms with E-state index in [1.807, 2.05) is 27.7 Å². The number of allylic oxidation sites excluding steroid dienone is 1. The van der Waals surface area contributed by atoms with Gasteiger partial charge in [-0.3, -0.25) is 19.2 Å². The highest BCUT2D eigenvalue weighted by Crippen LogP contribution is 2.59. The Kier molecular flexibility index (Phi) is 9.64. The highest BCUT2D eigenvalue weighted by atomic mass is 16.6. The minimum absolute atomic E-state index is 0.140. The van der Waals surface area contributed by atoms with Gasteiger partial charge in [0.2, 0.25) is 17.7 Å². The maximum Gasteiger partial charge on any atom is 0.312 e. The summed E-state index contributed by atoms with van der Waals surface area (Å²) in [5.41, 5.74) is -1.74. The van der Waals surface area contributed by atoms with Crippen molar-refractivity contribution in [1.29, 1.82) is 0 Å². The summed E-state index contributed by atoms with van der Waals surface area (Å²) in [7, 11) is 0. The smallest absolute Gasteiger partial charge is 0.312 e. The number of likely N-dealkylation sites (tertiary alicyclic amines) is 1. The molecule has 0 aliphatic carbocycles. The van der Waals surface area contributed by atoms with Crippen molar-refractivity contribution in [2.24, 2.45) is 11.8 Å². The van der Waals surface area contributed by atoms with Crippen LogP contribution in [-0.2, 0) is 28.7 Å². The molecule has 3 amide bonds. The second-order valence-electron chi connectivity index (χ2n) is 11.8. The van der Waals surface area contributed by atoms with Crippen LogP contribution in [0.2, 0.25) is 0 Å². The lowest BCUT2D eigenvalue weighted by Gasteiger charge is -2.43. The van der Waals surface area contributed by atoms with Gasteiger partial charge in [0.25, 0.3) is 0 Å². The van der Waals surface area contributed by atoms with E-state index >= 15 is 0 Å². The van der Waals surface area contributed by atoms with Gasteiger partial charge in [-0.25, -0.2) is 0 Å². The van der Waals surface area contributed by atoms with E-state index in [0.29, 0.717) is 32.1 Å². The summed E-state index contributed by atoms with van der Waals surface area (Å²) in [6, 6.07) is -1.57. The second kappa shape index (κ2) is 12.2. The predicted molar refractivity (Wildman–Crippen MR) is 145 cm³/mol. The number of aliphatic hydroxyl groups excluding tert-OH is 1. The van der Waals surface area contributed by atoms with E-state index in [2.05, 4.69) is 18.5 Å². The maximum atomic E-state index is 14.2. The first kappa shape index (κ1) is 30.8. The highest BCUT2D eigenvalue weighted by molar-refractivity contribution is 5.98. The Bertz CT molecular complexity index is 972. The molecule has 2 N–H and O–H groups in total.